The number of carbonyl (C=O) groups is 1. The molecule has 276 valence electrons. The number of fused-ring (bicyclic) bond motifs is 8. The van der Waals surface area contributed by atoms with Crippen molar-refractivity contribution in [2.75, 3.05) is 0 Å². The van der Waals surface area contributed by atoms with Gasteiger partial charge in [-0.15, -0.1) is 6.58 Å². The quantitative estimate of drug-likeness (QED) is 0.0627. The lowest BCUT2D eigenvalue weighted by Crippen LogP contribution is -2.06. The van der Waals surface area contributed by atoms with E-state index < -0.39 is 0 Å². The Balaban J connectivity index is 1.68. The number of allylic oxidation sites excluding steroid dienone is 5. The first-order valence-electron chi connectivity index (χ1n) is 19.6. The number of benzene rings is 1. The van der Waals surface area contributed by atoms with Gasteiger partial charge in [0.1, 0.15) is 5.75 Å². The molecule has 53 heavy (non-hydrogen) atoms. The van der Waals surface area contributed by atoms with Crippen LogP contribution >= 0.6 is 0 Å². The maximum absolute atomic E-state index is 12.4. The van der Waals surface area contributed by atoms with Gasteiger partial charge in [0.05, 0.1) is 22.8 Å². The summed E-state index contributed by atoms with van der Waals surface area (Å²) >= 11 is 0. The van der Waals surface area contributed by atoms with E-state index in [0.29, 0.717) is 18.6 Å². The van der Waals surface area contributed by atoms with Crippen molar-refractivity contribution in [2.24, 2.45) is 0 Å². The largest absolute Gasteiger partial charge is 0.427 e. The molecule has 6 heteroatoms. The molecule has 0 aliphatic carbocycles. The third-order valence-corrected chi connectivity index (χ3v) is 11.3. The first kappa shape index (κ1) is 37.8. The molecule has 6 nitrogen and oxygen atoms in total. The molecule has 0 fully saturated rings. The molecule has 0 unspecified atom stereocenters. The fourth-order valence-corrected chi connectivity index (χ4v) is 7.62. The van der Waals surface area contributed by atoms with Gasteiger partial charge >= 0.3 is 5.97 Å². The van der Waals surface area contributed by atoms with Crippen LogP contribution in [0.5, 0.6) is 5.75 Å². The number of ether oxygens (including phenoxy) is 1. The van der Waals surface area contributed by atoms with Gasteiger partial charge in [0.15, 0.2) is 0 Å². The second-order valence-electron chi connectivity index (χ2n) is 14.9. The average Bonchev–Trinajstić information content (AvgIpc) is 3.79. The van der Waals surface area contributed by atoms with Crippen LogP contribution in [-0.4, -0.2) is 25.9 Å². The van der Waals surface area contributed by atoms with E-state index in [1.807, 2.05) is 24.3 Å². The van der Waals surface area contributed by atoms with Crippen LogP contribution in [0.3, 0.4) is 0 Å². The highest BCUT2D eigenvalue weighted by Crippen LogP contribution is 2.42. The first-order valence-corrected chi connectivity index (χ1v) is 19.6. The minimum atomic E-state index is -0.270. The molecular formula is C47H56N4O2. The fourth-order valence-electron chi connectivity index (χ4n) is 7.62. The number of nitrogens with one attached hydrogen (secondary N) is 2. The molecule has 0 saturated carbocycles. The van der Waals surface area contributed by atoms with E-state index in [4.69, 9.17) is 14.7 Å². The van der Waals surface area contributed by atoms with Crippen LogP contribution in [0.1, 0.15) is 138 Å². The zero-order valence-corrected chi connectivity index (χ0v) is 33.1. The second-order valence-corrected chi connectivity index (χ2v) is 14.9. The number of carbonyl (C=O) groups excluding carboxylic acids is 1. The van der Waals surface area contributed by atoms with E-state index in [1.54, 1.807) is 6.08 Å². The molecule has 0 radical (unpaired) electrons. The number of aromatic nitrogens is 4. The van der Waals surface area contributed by atoms with Gasteiger partial charge in [0.25, 0.3) is 0 Å². The Labute approximate surface area is 315 Å². The van der Waals surface area contributed by atoms with Gasteiger partial charge in [-0.2, -0.15) is 0 Å². The molecule has 2 aliphatic rings. The molecule has 2 N–H and O–H groups in total. The van der Waals surface area contributed by atoms with E-state index in [2.05, 4.69) is 90.1 Å². The molecule has 0 atom stereocenters. The molecule has 4 aromatic rings. The van der Waals surface area contributed by atoms with E-state index in [9.17, 15) is 4.79 Å². The predicted molar refractivity (Wildman–Crippen MR) is 224 cm³/mol. The summed E-state index contributed by atoms with van der Waals surface area (Å²) in [5.74, 6) is 0.248. The number of aryl methyl sites for hydroxylation is 4. The number of H-pyrrole nitrogens is 2. The Bertz CT molecular complexity index is 2150. The van der Waals surface area contributed by atoms with Crippen LogP contribution < -0.4 is 4.74 Å². The highest BCUT2D eigenvalue weighted by atomic mass is 16.5. The summed E-state index contributed by atoms with van der Waals surface area (Å²) in [6.07, 6.45) is 11.8. The molecule has 3 aromatic heterocycles. The summed E-state index contributed by atoms with van der Waals surface area (Å²) in [6, 6.07) is 14.6. The van der Waals surface area contributed by atoms with Gasteiger partial charge < -0.3 is 14.7 Å². The van der Waals surface area contributed by atoms with Crippen LogP contribution in [-0.2, 0) is 17.6 Å². The lowest BCUT2D eigenvalue weighted by molar-refractivity contribution is -0.134. The highest BCUT2D eigenvalue weighted by Gasteiger charge is 2.25. The minimum absolute atomic E-state index is 0.270. The van der Waals surface area contributed by atoms with Crippen molar-refractivity contribution >= 4 is 50.3 Å². The number of hydrogen-bond donors (Lipinski definition) is 2. The summed E-state index contributed by atoms with van der Waals surface area (Å²) < 4.78 is 5.64. The zero-order chi connectivity index (χ0) is 37.8. The molecule has 1 aromatic carbocycles. The van der Waals surface area contributed by atoms with E-state index >= 15 is 0 Å². The number of aromatic amines is 2. The van der Waals surface area contributed by atoms with Gasteiger partial charge in [-0.3, -0.25) is 4.79 Å². The van der Waals surface area contributed by atoms with Gasteiger partial charge in [0, 0.05) is 34.1 Å². The molecule has 5 heterocycles. The lowest BCUT2D eigenvalue weighted by Gasteiger charge is -2.11. The molecule has 0 spiro atoms. The van der Waals surface area contributed by atoms with Crippen LogP contribution in [0.25, 0.3) is 55.5 Å². The maximum atomic E-state index is 12.4. The van der Waals surface area contributed by atoms with Crippen molar-refractivity contribution in [2.45, 2.75) is 120 Å². The summed E-state index contributed by atoms with van der Waals surface area (Å²) in [5, 5.41) is 0. The molecule has 0 amide bonds. The first-order chi connectivity index (χ1) is 25.6. The lowest BCUT2D eigenvalue weighted by atomic mass is 9.94. The summed E-state index contributed by atoms with van der Waals surface area (Å²) in [4.78, 5) is 30.9. The average molecular weight is 709 g/mol. The topological polar surface area (TPSA) is 83.7 Å². The molecule has 2 aliphatic heterocycles. The van der Waals surface area contributed by atoms with Crippen molar-refractivity contribution < 1.29 is 9.53 Å². The second kappa shape index (κ2) is 16.4. The SMILES string of the molecule is C=CCCC(=O)Oc1ccc(-c2c3nc(cc4[nH]c(cc5[nH]c(cc6nc2C(C)=C6C)c(C)c5CCCCC)c(CCCCC)c4C)C(C)=C3C)cc1. The smallest absolute Gasteiger partial charge is 0.311 e. The summed E-state index contributed by atoms with van der Waals surface area (Å²) in [5.41, 5.74) is 20.2. The maximum Gasteiger partial charge on any atom is 0.311 e. The summed E-state index contributed by atoms with van der Waals surface area (Å²) in [6.45, 7) is 21.4. The minimum Gasteiger partial charge on any atom is -0.427 e. The summed E-state index contributed by atoms with van der Waals surface area (Å²) in [7, 11) is 0. The Morgan fingerprint density at radius 3 is 1.62 bits per heavy atom. The normalized spacial score (nSPS) is 12.9. The third-order valence-electron chi connectivity index (χ3n) is 11.3. The van der Waals surface area contributed by atoms with Crippen molar-refractivity contribution in [3.63, 3.8) is 0 Å². The van der Waals surface area contributed by atoms with Crippen LogP contribution in [0.2, 0.25) is 0 Å². The fraction of sp³-hybridized carbons (Fsp3) is 0.383. The number of hydrogen-bond acceptors (Lipinski definition) is 4. The van der Waals surface area contributed by atoms with E-state index in [0.717, 1.165) is 92.9 Å². The van der Waals surface area contributed by atoms with Gasteiger partial charge in [-0.05, 0) is 154 Å². The molecule has 8 bridgehead atoms. The number of rotatable bonds is 13. The predicted octanol–water partition coefficient (Wildman–Crippen LogP) is 12.8. The Morgan fingerprint density at radius 2 is 1.17 bits per heavy atom. The number of unbranched alkanes of at least 4 members (excludes halogenated alkanes) is 4. The van der Waals surface area contributed by atoms with Gasteiger partial charge in [-0.25, -0.2) is 9.97 Å². The van der Waals surface area contributed by atoms with Gasteiger partial charge in [-0.1, -0.05) is 57.7 Å². The molecular weight excluding hydrogens is 653 g/mol. The monoisotopic (exact) mass is 708 g/mol. The van der Waals surface area contributed by atoms with E-state index in [-0.39, 0.29) is 5.97 Å². The standard InChI is InChI=1S/C47H56N4O2/c1-10-13-16-18-36-32(8)40-25-38-28(4)30(6)46(50-38)45(34-21-23-35(24-22-34)53-44(52)20-15-12-3)47-31(7)29(5)39(51-47)26-41-33(9)37(19-17-14-11-2)43(49-41)27-42(36)48-40/h12,21-27,48-49H,3,10-11,13-20H2,1-2,4-9H3. The number of nitrogens with zero attached hydrogens (tertiary/aromatic N) is 2. The van der Waals surface area contributed by atoms with Crippen molar-refractivity contribution in [3.8, 4) is 16.9 Å². The van der Waals surface area contributed by atoms with E-state index in [1.165, 1.54) is 59.0 Å². The molecule has 0 saturated heterocycles. The Morgan fingerprint density at radius 1 is 0.679 bits per heavy atom. The highest BCUT2D eigenvalue weighted by molar-refractivity contribution is 6.01. The van der Waals surface area contributed by atoms with Crippen molar-refractivity contribution in [1.29, 1.82) is 0 Å². The third kappa shape index (κ3) is 7.74. The Hall–Kier alpha value is -4.97. The van der Waals surface area contributed by atoms with Gasteiger partial charge in [0.2, 0.25) is 0 Å². The Kier molecular flexibility index (Phi) is 11.7. The zero-order valence-electron chi connectivity index (χ0n) is 33.1. The van der Waals surface area contributed by atoms with Crippen LogP contribution in [0.15, 0.2) is 55.1 Å². The molecule has 6 rings (SSSR count). The number of esters is 1. The van der Waals surface area contributed by atoms with Crippen molar-refractivity contribution in [3.05, 3.63) is 100 Å². The van der Waals surface area contributed by atoms with Crippen molar-refractivity contribution in [1.82, 2.24) is 19.9 Å². The van der Waals surface area contributed by atoms with Crippen LogP contribution in [0.4, 0.5) is 0 Å². The van der Waals surface area contributed by atoms with Crippen LogP contribution in [0, 0.1) is 13.8 Å².